The Kier molecular flexibility index (Phi) is 5.99. The van der Waals surface area contributed by atoms with E-state index in [1.807, 2.05) is 25.1 Å². The van der Waals surface area contributed by atoms with E-state index in [4.69, 9.17) is 9.47 Å². The number of rotatable bonds is 4. The summed E-state index contributed by atoms with van der Waals surface area (Å²) in [5.74, 6) is 0.889. The quantitative estimate of drug-likeness (QED) is 0.813. The maximum Gasteiger partial charge on any atom is 0.325 e. The minimum Gasteiger partial charge on any atom is -0.486 e. The number of nitrogens with one attached hydrogen (secondary N) is 2. The Morgan fingerprint density at radius 1 is 1.03 bits per heavy atom. The van der Waals surface area contributed by atoms with Crippen molar-refractivity contribution in [2.45, 2.75) is 19.4 Å². The summed E-state index contributed by atoms with van der Waals surface area (Å²) in [6.07, 6.45) is 3.02. The lowest BCUT2D eigenvalue weighted by molar-refractivity contribution is -0.124. The summed E-state index contributed by atoms with van der Waals surface area (Å²) in [7, 11) is 0. The Bertz CT molecular complexity index is 958. The topological polar surface area (TPSA) is 79.9 Å². The Hall–Kier alpha value is -3.32. The van der Waals surface area contributed by atoms with Gasteiger partial charge < -0.3 is 14.8 Å². The van der Waals surface area contributed by atoms with Gasteiger partial charge in [-0.05, 0) is 36.6 Å². The van der Waals surface area contributed by atoms with E-state index >= 15 is 0 Å². The highest BCUT2D eigenvalue weighted by atomic mass is 16.6. The van der Waals surface area contributed by atoms with E-state index in [0.717, 1.165) is 13.0 Å². The Labute approximate surface area is 175 Å². The van der Waals surface area contributed by atoms with E-state index in [0.29, 0.717) is 36.9 Å². The van der Waals surface area contributed by atoms with Crippen LogP contribution in [-0.2, 0) is 4.79 Å². The third kappa shape index (κ3) is 4.63. The zero-order chi connectivity index (χ0) is 20.9. The molecule has 2 aliphatic rings. The van der Waals surface area contributed by atoms with Gasteiger partial charge in [0.25, 0.3) is 0 Å². The van der Waals surface area contributed by atoms with Crippen LogP contribution in [0.5, 0.6) is 11.5 Å². The van der Waals surface area contributed by atoms with Crippen molar-refractivity contribution >= 4 is 23.2 Å². The highest BCUT2D eigenvalue weighted by Crippen LogP contribution is 2.32. The van der Waals surface area contributed by atoms with Crippen LogP contribution in [0.15, 0.2) is 54.6 Å². The number of carbonyl (C=O) groups excluding carboxylic acids is 2. The van der Waals surface area contributed by atoms with Crippen LogP contribution in [0.25, 0.3) is 5.57 Å². The van der Waals surface area contributed by atoms with Gasteiger partial charge in [-0.3, -0.25) is 15.0 Å². The second-order valence-electron chi connectivity index (χ2n) is 7.32. The molecule has 30 heavy (non-hydrogen) atoms. The molecule has 2 aliphatic heterocycles. The predicted molar refractivity (Wildman–Crippen MR) is 115 cm³/mol. The number of hydrogen-bond donors (Lipinski definition) is 2. The average molecular weight is 407 g/mol. The maximum atomic E-state index is 12.5. The van der Waals surface area contributed by atoms with Crippen LogP contribution >= 0.6 is 0 Å². The van der Waals surface area contributed by atoms with Crippen LogP contribution in [0.1, 0.15) is 18.9 Å². The molecule has 0 spiro atoms. The van der Waals surface area contributed by atoms with Crippen molar-refractivity contribution in [1.82, 2.24) is 10.2 Å². The minimum atomic E-state index is -0.568. The van der Waals surface area contributed by atoms with Crippen molar-refractivity contribution in [3.05, 3.63) is 60.2 Å². The van der Waals surface area contributed by atoms with Crippen molar-refractivity contribution in [2.75, 3.05) is 31.6 Å². The van der Waals surface area contributed by atoms with Crippen LogP contribution in [0.3, 0.4) is 0 Å². The molecule has 2 aromatic rings. The van der Waals surface area contributed by atoms with E-state index in [9.17, 15) is 9.59 Å². The summed E-state index contributed by atoms with van der Waals surface area (Å²) in [5.41, 5.74) is 3.04. The van der Waals surface area contributed by atoms with Gasteiger partial charge in [0.2, 0.25) is 5.91 Å². The van der Waals surface area contributed by atoms with E-state index in [1.165, 1.54) is 11.1 Å². The standard InChI is InChI=1S/C23H25N3O4/c1-16(26-11-9-18(10-12-26)17-5-3-2-4-6-17)22(27)25-23(28)24-19-7-8-20-21(15-19)30-14-13-29-20/h2-9,15-16H,10-14H2,1H3,(H2,24,25,27,28)/t16-/m0/s1. The summed E-state index contributed by atoms with van der Waals surface area (Å²) >= 11 is 0. The molecule has 2 N–H and O–H groups in total. The number of nitrogens with zero attached hydrogens (tertiary/aromatic N) is 1. The molecular weight excluding hydrogens is 382 g/mol. The molecule has 7 heteroatoms. The third-order valence-corrected chi connectivity index (χ3v) is 5.35. The number of hydrogen-bond acceptors (Lipinski definition) is 5. The highest BCUT2D eigenvalue weighted by molar-refractivity contribution is 6.02. The van der Waals surface area contributed by atoms with Gasteiger partial charge in [-0.15, -0.1) is 0 Å². The summed E-state index contributed by atoms with van der Waals surface area (Å²) in [6, 6.07) is 14.4. The lowest BCUT2D eigenvalue weighted by Gasteiger charge is -2.31. The Morgan fingerprint density at radius 2 is 1.80 bits per heavy atom. The first-order valence-corrected chi connectivity index (χ1v) is 10.1. The second-order valence-corrected chi connectivity index (χ2v) is 7.32. The zero-order valence-electron chi connectivity index (χ0n) is 16.9. The molecule has 2 aromatic carbocycles. The van der Waals surface area contributed by atoms with Gasteiger partial charge in [0, 0.05) is 24.8 Å². The summed E-state index contributed by atoms with van der Waals surface area (Å²) in [6.45, 7) is 4.22. The largest absolute Gasteiger partial charge is 0.486 e. The number of imide groups is 1. The molecular formula is C23H25N3O4. The van der Waals surface area contributed by atoms with Gasteiger partial charge in [-0.1, -0.05) is 36.4 Å². The molecule has 0 unspecified atom stereocenters. The Morgan fingerprint density at radius 3 is 2.53 bits per heavy atom. The molecule has 0 fully saturated rings. The molecule has 2 heterocycles. The normalized spacial score (nSPS) is 16.9. The SMILES string of the molecule is C[C@@H](C(=O)NC(=O)Nc1ccc2c(c1)OCCO2)N1CC=C(c2ccccc2)CC1. The molecule has 0 radical (unpaired) electrons. The summed E-state index contributed by atoms with van der Waals surface area (Å²) in [4.78, 5) is 26.9. The first-order chi connectivity index (χ1) is 14.6. The molecule has 0 aromatic heterocycles. The van der Waals surface area contributed by atoms with Crippen molar-refractivity contribution in [3.8, 4) is 11.5 Å². The smallest absolute Gasteiger partial charge is 0.325 e. The van der Waals surface area contributed by atoms with Crippen molar-refractivity contribution in [1.29, 1.82) is 0 Å². The molecule has 4 rings (SSSR count). The average Bonchev–Trinajstić information content (AvgIpc) is 2.79. The molecule has 7 nitrogen and oxygen atoms in total. The number of urea groups is 1. The highest BCUT2D eigenvalue weighted by Gasteiger charge is 2.25. The van der Waals surface area contributed by atoms with Gasteiger partial charge in [0.1, 0.15) is 13.2 Å². The number of ether oxygens (including phenoxy) is 2. The fraction of sp³-hybridized carbons (Fsp3) is 0.304. The van der Waals surface area contributed by atoms with Crippen LogP contribution in [0, 0.1) is 0 Å². The van der Waals surface area contributed by atoms with Gasteiger partial charge in [-0.2, -0.15) is 0 Å². The van der Waals surface area contributed by atoms with Gasteiger partial charge in [0.15, 0.2) is 11.5 Å². The van der Waals surface area contributed by atoms with E-state index < -0.39 is 12.1 Å². The van der Waals surface area contributed by atoms with Crippen molar-refractivity contribution < 1.29 is 19.1 Å². The third-order valence-electron chi connectivity index (χ3n) is 5.35. The molecule has 0 bridgehead atoms. The fourth-order valence-corrected chi connectivity index (χ4v) is 3.62. The maximum absolute atomic E-state index is 12.5. The molecule has 0 saturated carbocycles. The molecule has 156 valence electrons. The monoisotopic (exact) mass is 407 g/mol. The molecule has 3 amide bonds. The number of carbonyl (C=O) groups is 2. The summed E-state index contributed by atoms with van der Waals surface area (Å²) in [5, 5.41) is 5.10. The van der Waals surface area contributed by atoms with Gasteiger partial charge >= 0.3 is 6.03 Å². The molecule has 1 atom stereocenters. The summed E-state index contributed by atoms with van der Waals surface area (Å²) < 4.78 is 11.0. The zero-order valence-corrected chi connectivity index (χ0v) is 16.9. The lowest BCUT2D eigenvalue weighted by Crippen LogP contribution is -2.49. The predicted octanol–water partition coefficient (Wildman–Crippen LogP) is 3.28. The number of fused-ring (bicyclic) bond motifs is 1. The molecule has 0 saturated heterocycles. The van der Waals surface area contributed by atoms with Crippen molar-refractivity contribution in [3.63, 3.8) is 0 Å². The van der Waals surface area contributed by atoms with Crippen molar-refractivity contribution in [2.24, 2.45) is 0 Å². The van der Waals surface area contributed by atoms with E-state index in [2.05, 4.69) is 33.7 Å². The van der Waals surface area contributed by atoms with Gasteiger partial charge in [0.05, 0.1) is 6.04 Å². The minimum absolute atomic E-state index is 0.332. The van der Waals surface area contributed by atoms with E-state index in [1.54, 1.807) is 18.2 Å². The first-order valence-electron chi connectivity index (χ1n) is 10.1. The van der Waals surface area contributed by atoms with Gasteiger partial charge in [-0.25, -0.2) is 4.79 Å². The molecule has 0 aliphatic carbocycles. The Balaban J connectivity index is 1.30. The van der Waals surface area contributed by atoms with E-state index in [-0.39, 0.29) is 5.91 Å². The number of amides is 3. The first kappa shape index (κ1) is 20.0. The fourth-order valence-electron chi connectivity index (χ4n) is 3.62. The van der Waals surface area contributed by atoms with Crippen LogP contribution in [0.4, 0.5) is 10.5 Å². The second kappa shape index (κ2) is 9.00. The van der Waals surface area contributed by atoms with Crippen LogP contribution < -0.4 is 20.1 Å². The lowest BCUT2D eigenvalue weighted by atomic mass is 9.99. The number of benzene rings is 2. The number of anilines is 1. The van der Waals surface area contributed by atoms with Crippen LogP contribution in [-0.4, -0.2) is 49.2 Å². The van der Waals surface area contributed by atoms with Crippen LogP contribution in [0.2, 0.25) is 0 Å².